The molecule has 0 unspecified atom stereocenters. The molecule has 0 saturated carbocycles. The SMILES string of the molecule is COC(=O)c1ccc2[nH]c(C(=O)NC[C@H]3N[C@H](CO)[C@@H](O)[C@@H]3O)cc2c1. The first-order valence-electron chi connectivity index (χ1n) is 8.17. The molecular formula is C17H21N3O6. The second-order valence-corrected chi connectivity index (χ2v) is 6.23. The molecule has 1 aliphatic rings. The summed E-state index contributed by atoms with van der Waals surface area (Å²) in [6.45, 7) is -0.233. The predicted octanol–water partition coefficient (Wildman–Crippen LogP) is -1.26. The van der Waals surface area contributed by atoms with Crippen LogP contribution >= 0.6 is 0 Å². The van der Waals surface area contributed by atoms with Crippen LogP contribution in [0.15, 0.2) is 24.3 Å². The fourth-order valence-corrected chi connectivity index (χ4v) is 3.09. The number of carbonyl (C=O) groups excluding carboxylic acids is 2. The van der Waals surface area contributed by atoms with Crippen molar-refractivity contribution in [3.05, 3.63) is 35.5 Å². The van der Waals surface area contributed by atoms with Gasteiger partial charge in [-0.3, -0.25) is 4.79 Å². The number of aliphatic hydroxyl groups is 3. The molecule has 2 aromatic rings. The molecular weight excluding hydrogens is 342 g/mol. The van der Waals surface area contributed by atoms with Crippen molar-refractivity contribution in [1.29, 1.82) is 0 Å². The van der Waals surface area contributed by atoms with Crippen molar-refractivity contribution in [2.24, 2.45) is 0 Å². The van der Waals surface area contributed by atoms with Gasteiger partial charge in [-0.2, -0.15) is 0 Å². The quantitative estimate of drug-likeness (QED) is 0.364. The minimum absolute atomic E-state index is 0.0797. The number of esters is 1. The van der Waals surface area contributed by atoms with Gasteiger partial charge in [-0.1, -0.05) is 0 Å². The van der Waals surface area contributed by atoms with E-state index in [-0.39, 0.29) is 13.2 Å². The summed E-state index contributed by atoms with van der Waals surface area (Å²) in [5, 5.41) is 35.1. The van der Waals surface area contributed by atoms with Crippen LogP contribution in [0, 0.1) is 0 Å². The van der Waals surface area contributed by atoms with E-state index >= 15 is 0 Å². The molecule has 0 bridgehead atoms. The summed E-state index contributed by atoms with van der Waals surface area (Å²) in [6, 6.07) is 5.32. The van der Waals surface area contributed by atoms with Crippen LogP contribution in [-0.2, 0) is 4.74 Å². The number of nitrogens with one attached hydrogen (secondary N) is 3. The zero-order chi connectivity index (χ0) is 18.8. The molecule has 3 rings (SSSR count). The molecule has 9 heteroatoms. The van der Waals surface area contributed by atoms with Crippen molar-refractivity contribution >= 4 is 22.8 Å². The zero-order valence-electron chi connectivity index (χ0n) is 14.1. The number of hydrogen-bond donors (Lipinski definition) is 6. The fourth-order valence-electron chi connectivity index (χ4n) is 3.09. The van der Waals surface area contributed by atoms with Crippen molar-refractivity contribution in [1.82, 2.24) is 15.6 Å². The van der Waals surface area contributed by atoms with E-state index < -0.39 is 36.2 Å². The van der Waals surface area contributed by atoms with Gasteiger partial charge < -0.3 is 35.7 Å². The summed E-state index contributed by atoms with van der Waals surface area (Å²) in [7, 11) is 1.30. The normalized spacial score (nSPS) is 25.4. The van der Waals surface area contributed by atoms with Gasteiger partial charge in [-0.25, -0.2) is 4.79 Å². The number of carbonyl (C=O) groups is 2. The van der Waals surface area contributed by atoms with Gasteiger partial charge in [0.15, 0.2) is 0 Å². The smallest absolute Gasteiger partial charge is 0.337 e. The number of rotatable bonds is 5. The summed E-state index contributed by atoms with van der Waals surface area (Å²) in [4.78, 5) is 26.9. The van der Waals surface area contributed by atoms with Gasteiger partial charge in [-0.05, 0) is 24.3 Å². The topological polar surface area (TPSA) is 144 Å². The maximum absolute atomic E-state index is 12.3. The van der Waals surface area contributed by atoms with E-state index in [4.69, 9.17) is 5.11 Å². The van der Waals surface area contributed by atoms with Crippen LogP contribution in [0.3, 0.4) is 0 Å². The third-order valence-electron chi connectivity index (χ3n) is 4.57. The molecule has 1 aliphatic heterocycles. The largest absolute Gasteiger partial charge is 0.465 e. The number of ether oxygens (including phenoxy) is 1. The van der Waals surface area contributed by atoms with Crippen molar-refractivity contribution in [2.45, 2.75) is 24.3 Å². The Morgan fingerprint density at radius 1 is 1.19 bits per heavy atom. The van der Waals surface area contributed by atoms with Gasteiger partial charge in [0.25, 0.3) is 5.91 Å². The molecule has 1 amide bonds. The number of methoxy groups -OCH3 is 1. The Morgan fingerprint density at radius 3 is 2.58 bits per heavy atom. The van der Waals surface area contributed by atoms with Gasteiger partial charge in [0.2, 0.25) is 0 Å². The Balaban J connectivity index is 1.67. The molecule has 2 heterocycles. The number of hydrogen-bond acceptors (Lipinski definition) is 7. The third-order valence-corrected chi connectivity index (χ3v) is 4.57. The monoisotopic (exact) mass is 363 g/mol. The molecule has 6 N–H and O–H groups in total. The van der Waals surface area contributed by atoms with E-state index in [9.17, 15) is 19.8 Å². The molecule has 140 valence electrons. The fraction of sp³-hybridized carbons (Fsp3) is 0.412. The maximum atomic E-state index is 12.3. The lowest BCUT2D eigenvalue weighted by Gasteiger charge is -2.16. The van der Waals surface area contributed by atoms with Crippen molar-refractivity contribution in [3.8, 4) is 0 Å². The highest BCUT2D eigenvalue weighted by Crippen LogP contribution is 2.18. The minimum atomic E-state index is -1.09. The Morgan fingerprint density at radius 2 is 1.92 bits per heavy atom. The third kappa shape index (κ3) is 3.42. The van der Waals surface area contributed by atoms with E-state index in [1.54, 1.807) is 24.3 Å². The highest BCUT2D eigenvalue weighted by molar-refractivity contribution is 6.00. The highest BCUT2D eigenvalue weighted by atomic mass is 16.5. The van der Waals surface area contributed by atoms with Crippen LogP contribution < -0.4 is 10.6 Å². The number of benzene rings is 1. The summed E-state index contributed by atoms with van der Waals surface area (Å²) in [5.74, 6) is -0.853. The van der Waals surface area contributed by atoms with Gasteiger partial charge in [0.1, 0.15) is 5.69 Å². The lowest BCUT2D eigenvalue weighted by molar-refractivity contribution is 0.0197. The first-order valence-corrected chi connectivity index (χ1v) is 8.17. The van der Waals surface area contributed by atoms with Gasteiger partial charge in [0.05, 0.1) is 43.6 Å². The zero-order valence-corrected chi connectivity index (χ0v) is 14.1. The van der Waals surface area contributed by atoms with E-state index in [2.05, 4.69) is 20.4 Å². The molecule has 0 spiro atoms. The summed E-state index contributed by atoms with van der Waals surface area (Å²) in [5.41, 5.74) is 1.37. The van der Waals surface area contributed by atoms with Crippen LogP contribution in [0.1, 0.15) is 20.8 Å². The van der Waals surface area contributed by atoms with Gasteiger partial charge in [0, 0.05) is 17.4 Å². The predicted molar refractivity (Wildman–Crippen MR) is 91.8 cm³/mol. The van der Waals surface area contributed by atoms with Crippen LogP contribution in [0.2, 0.25) is 0 Å². The van der Waals surface area contributed by atoms with E-state index in [1.807, 2.05) is 0 Å². The Bertz CT molecular complexity index is 820. The molecule has 1 fully saturated rings. The molecule has 1 aromatic carbocycles. The molecule has 1 saturated heterocycles. The number of aromatic nitrogens is 1. The average Bonchev–Trinajstić information content (AvgIpc) is 3.20. The van der Waals surface area contributed by atoms with Gasteiger partial charge in [-0.15, -0.1) is 0 Å². The maximum Gasteiger partial charge on any atom is 0.337 e. The summed E-state index contributed by atoms with van der Waals surface area (Å²) >= 11 is 0. The van der Waals surface area contributed by atoms with E-state index in [0.29, 0.717) is 22.2 Å². The van der Waals surface area contributed by atoms with Crippen molar-refractivity contribution in [2.75, 3.05) is 20.3 Å². The second kappa shape index (κ2) is 7.42. The standard InChI is InChI=1S/C17H21N3O6/c1-26-17(25)8-2-3-10-9(4-8)5-11(19-10)16(24)18-6-12-14(22)15(23)13(7-21)20-12/h2-5,12-15,19-23H,6-7H2,1H3,(H,18,24)/t12-,13-,14-,15-/m1/s1. The Labute approximate surface area is 149 Å². The van der Waals surface area contributed by atoms with Crippen molar-refractivity contribution < 1.29 is 29.6 Å². The number of H-pyrrole nitrogens is 1. The number of fused-ring (bicyclic) bond motifs is 1. The Hall–Kier alpha value is -2.46. The Kier molecular flexibility index (Phi) is 5.23. The minimum Gasteiger partial charge on any atom is -0.465 e. The van der Waals surface area contributed by atoms with Crippen LogP contribution in [0.25, 0.3) is 10.9 Å². The molecule has 26 heavy (non-hydrogen) atoms. The van der Waals surface area contributed by atoms with Crippen LogP contribution in [0.5, 0.6) is 0 Å². The molecule has 0 radical (unpaired) electrons. The molecule has 9 nitrogen and oxygen atoms in total. The molecule has 1 aromatic heterocycles. The number of aliphatic hydroxyl groups excluding tert-OH is 3. The van der Waals surface area contributed by atoms with E-state index in [0.717, 1.165) is 0 Å². The number of amides is 1. The molecule has 0 aliphatic carbocycles. The highest BCUT2D eigenvalue weighted by Gasteiger charge is 2.40. The summed E-state index contributed by atoms with van der Waals surface area (Å²) in [6.07, 6.45) is -2.18. The van der Waals surface area contributed by atoms with E-state index in [1.165, 1.54) is 7.11 Å². The average molecular weight is 363 g/mol. The van der Waals surface area contributed by atoms with Gasteiger partial charge >= 0.3 is 5.97 Å². The first-order chi connectivity index (χ1) is 12.4. The summed E-state index contributed by atoms with van der Waals surface area (Å²) < 4.78 is 4.67. The first kappa shape index (κ1) is 18.3. The van der Waals surface area contributed by atoms with Crippen molar-refractivity contribution in [3.63, 3.8) is 0 Å². The molecule has 4 atom stereocenters. The second-order valence-electron chi connectivity index (χ2n) is 6.23. The lowest BCUT2D eigenvalue weighted by atomic mass is 10.1. The lowest BCUT2D eigenvalue weighted by Crippen LogP contribution is -2.44. The number of aromatic amines is 1. The van der Waals surface area contributed by atoms with Crippen LogP contribution in [0.4, 0.5) is 0 Å². The van der Waals surface area contributed by atoms with Crippen LogP contribution in [-0.4, -0.2) is 76.7 Å².